The van der Waals surface area contributed by atoms with E-state index in [-0.39, 0.29) is 6.04 Å². The van der Waals surface area contributed by atoms with Crippen molar-refractivity contribution in [2.45, 2.75) is 19.5 Å². The van der Waals surface area contributed by atoms with Gasteiger partial charge in [0.2, 0.25) is 0 Å². The third kappa shape index (κ3) is 3.27. The second kappa shape index (κ2) is 7.33. The molecule has 0 aliphatic heterocycles. The number of nitrogens with zero attached hydrogens (tertiary/aromatic N) is 4. The van der Waals surface area contributed by atoms with Gasteiger partial charge in [0.05, 0.1) is 24.5 Å². The first-order valence-electron chi connectivity index (χ1n) is 8.48. The zero-order valence-corrected chi connectivity index (χ0v) is 14.4. The number of tetrazole rings is 1. The maximum Gasteiger partial charge on any atom is 0.178 e. The summed E-state index contributed by atoms with van der Waals surface area (Å²) in [6.07, 6.45) is 1.67. The fourth-order valence-corrected chi connectivity index (χ4v) is 2.97. The van der Waals surface area contributed by atoms with Gasteiger partial charge in [-0.2, -0.15) is 4.68 Å². The summed E-state index contributed by atoms with van der Waals surface area (Å²) in [5.41, 5.74) is 3.16. The molecule has 4 aromatic rings. The Morgan fingerprint density at radius 2 is 1.81 bits per heavy atom. The molecule has 0 saturated carbocycles. The van der Waals surface area contributed by atoms with Crippen LogP contribution in [0, 0.1) is 6.92 Å². The molecule has 0 saturated heterocycles. The van der Waals surface area contributed by atoms with Crippen LogP contribution in [0.1, 0.15) is 28.8 Å². The summed E-state index contributed by atoms with van der Waals surface area (Å²) in [5.74, 6) is 1.60. The Balaban J connectivity index is 1.73. The normalized spacial score (nSPS) is 12.2. The second-order valence-corrected chi connectivity index (χ2v) is 6.04. The van der Waals surface area contributed by atoms with Gasteiger partial charge in [-0.15, -0.1) is 5.10 Å². The first kappa shape index (κ1) is 16.2. The number of aromatic nitrogens is 4. The number of hydrogen-bond donors (Lipinski definition) is 1. The molecule has 1 atom stereocenters. The molecule has 0 bridgehead atoms. The third-order valence-corrected chi connectivity index (χ3v) is 4.29. The van der Waals surface area contributed by atoms with Crippen LogP contribution in [0.3, 0.4) is 0 Å². The lowest BCUT2D eigenvalue weighted by atomic mass is 10.1. The van der Waals surface area contributed by atoms with E-state index in [1.165, 1.54) is 0 Å². The zero-order chi connectivity index (χ0) is 17.8. The Labute approximate surface area is 151 Å². The molecule has 1 unspecified atom stereocenters. The smallest absolute Gasteiger partial charge is 0.178 e. The Morgan fingerprint density at radius 3 is 2.58 bits per heavy atom. The van der Waals surface area contributed by atoms with E-state index in [0.29, 0.717) is 6.54 Å². The van der Waals surface area contributed by atoms with Crippen molar-refractivity contribution in [3.8, 4) is 5.69 Å². The van der Waals surface area contributed by atoms with Crippen LogP contribution in [0.15, 0.2) is 77.4 Å². The molecular weight excluding hydrogens is 326 g/mol. The predicted octanol–water partition coefficient (Wildman–Crippen LogP) is 3.44. The SMILES string of the molecule is Cc1ccccc1-n1nnnc1C(NCc1ccco1)c1ccccc1. The predicted molar refractivity (Wildman–Crippen MR) is 97.7 cm³/mol. The molecule has 0 fully saturated rings. The number of benzene rings is 2. The number of para-hydroxylation sites is 1. The van der Waals surface area contributed by atoms with E-state index in [1.54, 1.807) is 10.9 Å². The fourth-order valence-electron chi connectivity index (χ4n) is 2.97. The van der Waals surface area contributed by atoms with Gasteiger partial charge in [-0.25, -0.2) is 0 Å². The average Bonchev–Trinajstić information content (AvgIpc) is 3.36. The molecule has 0 radical (unpaired) electrons. The van der Waals surface area contributed by atoms with Crippen LogP contribution in [0.4, 0.5) is 0 Å². The minimum absolute atomic E-state index is 0.170. The molecule has 2 aromatic carbocycles. The van der Waals surface area contributed by atoms with E-state index in [9.17, 15) is 0 Å². The van der Waals surface area contributed by atoms with Crippen molar-refractivity contribution in [1.82, 2.24) is 25.5 Å². The molecule has 0 aliphatic rings. The molecule has 0 spiro atoms. The van der Waals surface area contributed by atoms with Crippen LogP contribution in [-0.4, -0.2) is 20.2 Å². The highest BCUT2D eigenvalue weighted by Gasteiger charge is 2.22. The maximum atomic E-state index is 5.45. The molecule has 6 nitrogen and oxygen atoms in total. The van der Waals surface area contributed by atoms with Crippen LogP contribution in [-0.2, 0) is 6.54 Å². The summed E-state index contributed by atoms with van der Waals surface area (Å²) in [4.78, 5) is 0. The Hall–Kier alpha value is -3.25. The van der Waals surface area contributed by atoms with Gasteiger partial charge in [0.1, 0.15) is 5.76 Å². The van der Waals surface area contributed by atoms with Crippen molar-refractivity contribution >= 4 is 0 Å². The fraction of sp³-hybridized carbons (Fsp3) is 0.150. The van der Waals surface area contributed by atoms with Gasteiger partial charge in [-0.1, -0.05) is 48.5 Å². The summed E-state index contributed by atoms with van der Waals surface area (Å²) in [7, 11) is 0. The van der Waals surface area contributed by atoms with E-state index in [0.717, 1.165) is 28.4 Å². The second-order valence-electron chi connectivity index (χ2n) is 6.04. The van der Waals surface area contributed by atoms with Crippen molar-refractivity contribution in [3.05, 3.63) is 95.7 Å². The molecule has 4 rings (SSSR count). The molecule has 6 heteroatoms. The first-order chi connectivity index (χ1) is 12.8. The van der Waals surface area contributed by atoms with Crippen molar-refractivity contribution in [3.63, 3.8) is 0 Å². The molecule has 2 heterocycles. The van der Waals surface area contributed by atoms with Crippen LogP contribution in [0.2, 0.25) is 0 Å². The van der Waals surface area contributed by atoms with Gasteiger partial charge in [0.15, 0.2) is 5.82 Å². The lowest BCUT2D eigenvalue weighted by molar-refractivity contribution is 0.460. The molecule has 0 aliphatic carbocycles. The van der Waals surface area contributed by atoms with E-state index >= 15 is 0 Å². The van der Waals surface area contributed by atoms with E-state index < -0.39 is 0 Å². The van der Waals surface area contributed by atoms with Crippen LogP contribution in [0.5, 0.6) is 0 Å². The highest BCUT2D eigenvalue weighted by atomic mass is 16.3. The van der Waals surface area contributed by atoms with Gasteiger partial charge in [-0.3, -0.25) is 5.32 Å². The molecule has 0 amide bonds. The number of furan rings is 1. The zero-order valence-electron chi connectivity index (χ0n) is 14.4. The summed E-state index contributed by atoms with van der Waals surface area (Å²) < 4.78 is 7.24. The summed E-state index contributed by atoms with van der Waals surface area (Å²) in [6, 6.07) is 21.9. The van der Waals surface area contributed by atoms with E-state index in [2.05, 4.69) is 46.0 Å². The van der Waals surface area contributed by atoms with Gasteiger partial charge in [0.25, 0.3) is 0 Å². The maximum absolute atomic E-state index is 5.45. The van der Waals surface area contributed by atoms with Gasteiger partial charge in [-0.05, 0) is 46.7 Å². The largest absolute Gasteiger partial charge is 0.468 e. The highest BCUT2D eigenvalue weighted by Crippen LogP contribution is 2.23. The molecular formula is C20H19N5O. The topological polar surface area (TPSA) is 68.8 Å². The molecule has 130 valence electrons. The molecule has 2 aromatic heterocycles. The minimum atomic E-state index is -0.170. The average molecular weight is 345 g/mol. The van der Waals surface area contributed by atoms with Gasteiger partial charge in [0, 0.05) is 0 Å². The Morgan fingerprint density at radius 1 is 1.00 bits per heavy atom. The molecule has 1 N–H and O–H groups in total. The van der Waals surface area contributed by atoms with Crippen molar-refractivity contribution in [2.75, 3.05) is 0 Å². The van der Waals surface area contributed by atoms with E-state index in [1.807, 2.05) is 48.5 Å². The van der Waals surface area contributed by atoms with Gasteiger partial charge >= 0.3 is 0 Å². The molecule has 26 heavy (non-hydrogen) atoms. The van der Waals surface area contributed by atoms with Crippen LogP contribution < -0.4 is 5.32 Å². The first-order valence-corrected chi connectivity index (χ1v) is 8.48. The third-order valence-electron chi connectivity index (χ3n) is 4.29. The Kier molecular flexibility index (Phi) is 4.57. The number of rotatable bonds is 6. The lowest BCUT2D eigenvalue weighted by Crippen LogP contribution is -2.25. The van der Waals surface area contributed by atoms with Crippen molar-refractivity contribution in [2.24, 2.45) is 0 Å². The summed E-state index contributed by atoms with van der Waals surface area (Å²) in [5, 5.41) is 16.0. The Bertz CT molecular complexity index is 963. The summed E-state index contributed by atoms with van der Waals surface area (Å²) in [6.45, 7) is 2.63. The monoisotopic (exact) mass is 345 g/mol. The van der Waals surface area contributed by atoms with Crippen LogP contribution in [0.25, 0.3) is 5.69 Å². The van der Waals surface area contributed by atoms with Crippen molar-refractivity contribution in [1.29, 1.82) is 0 Å². The van der Waals surface area contributed by atoms with E-state index in [4.69, 9.17) is 4.42 Å². The number of hydrogen-bond acceptors (Lipinski definition) is 5. The lowest BCUT2D eigenvalue weighted by Gasteiger charge is -2.18. The minimum Gasteiger partial charge on any atom is -0.468 e. The standard InChI is InChI=1S/C20H19N5O/c1-15-8-5-6-12-18(15)25-20(22-23-24-25)19(16-9-3-2-4-10-16)21-14-17-11-7-13-26-17/h2-13,19,21H,14H2,1H3. The number of nitrogens with one attached hydrogen (secondary N) is 1. The van der Waals surface area contributed by atoms with Crippen molar-refractivity contribution < 1.29 is 4.42 Å². The summed E-state index contributed by atoms with van der Waals surface area (Å²) >= 11 is 0. The van der Waals surface area contributed by atoms with Crippen LogP contribution >= 0.6 is 0 Å². The number of aryl methyl sites for hydroxylation is 1. The quantitative estimate of drug-likeness (QED) is 0.580. The van der Waals surface area contributed by atoms with Gasteiger partial charge < -0.3 is 4.42 Å². The highest BCUT2D eigenvalue weighted by molar-refractivity contribution is 5.40.